The van der Waals surface area contributed by atoms with E-state index in [2.05, 4.69) is 15.0 Å². The van der Waals surface area contributed by atoms with Gasteiger partial charge in [-0.1, -0.05) is 0 Å². The molecule has 19 heavy (non-hydrogen) atoms. The van der Waals surface area contributed by atoms with Gasteiger partial charge in [-0.2, -0.15) is 4.98 Å². The Labute approximate surface area is 109 Å². The lowest BCUT2D eigenvalue weighted by Gasteiger charge is -2.19. The molecule has 0 bridgehead atoms. The first-order chi connectivity index (χ1) is 9.03. The minimum absolute atomic E-state index is 0.122. The largest absolute Gasteiger partial charge is 0.339 e. The van der Waals surface area contributed by atoms with E-state index in [0.717, 1.165) is 13.0 Å². The minimum atomic E-state index is -2.65. The average molecular weight is 270 g/mol. The highest BCUT2D eigenvalue weighted by Gasteiger charge is 2.39. The molecule has 2 N–H and O–H groups in total. The van der Waals surface area contributed by atoms with Crippen molar-refractivity contribution in [3.8, 4) is 0 Å². The molecule has 1 atom stereocenters. The molecule has 1 aromatic rings. The minimum Gasteiger partial charge on any atom is -0.339 e. The molecule has 0 aliphatic carbocycles. The summed E-state index contributed by atoms with van der Waals surface area (Å²) < 4.78 is 26.4. The van der Waals surface area contributed by atoms with Crippen LogP contribution in [0, 0.1) is 0 Å². The quantitative estimate of drug-likeness (QED) is 0.831. The van der Waals surface area contributed by atoms with Crippen LogP contribution >= 0.6 is 0 Å². The van der Waals surface area contributed by atoms with Crippen molar-refractivity contribution in [2.45, 2.75) is 24.8 Å². The molecule has 3 rings (SSSR count). The molecule has 2 aliphatic heterocycles. The van der Waals surface area contributed by atoms with E-state index in [9.17, 15) is 8.78 Å². The maximum atomic E-state index is 13.2. The van der Waals surface area contributed by atoms with Crippen LogP contribution in [0.4, 0.5) is 20.7 Å². The molecule has 0 amide bonds. The Bertz CT molecular complexity index is 468. The van der Waals surface area contributed by atoms with Gasteiger partial charge in [0.1, 0.15) is 6.33 Å². The molecule has 0 radical (unpaired) electrons. The second kappa shape index (κ2) is 4.52. The zero-order valence-corrected chi connectivity index (χ0v) is 10.5. The number of nitrogens with zero attached hydrogens (tertiary/aromatic N) is 5. The van der Waals surface area contributed by atoms with Gasteiger partial charge < -0.3 is 15.5 Å². The molecule has 104 valence electrons. The van der Waals surface area contributed by atoms with Crippen molar-refractivity contribution < 1.29 is 8.78 Å². The fraction of sp³-hybridized carbons (Fsp3) is 0.727. The summed E-state index contributed by atoms with van der Waals surface area (Å²) in [5.74, 6) is -1.81. The SMILES string of the molecule is NC1CCN(c2ncnc(N3CCC(F)(F)C3)n2)C1. The van der Waals surface area contributed by atoms with Crippen molar-refractivity contribution in [1.82, 2.24) is 15.0 Å². The molecule has 2 fully saturated rings. The Kier molecular flexibility index (Phi) is 2.96. The van der Waals surface area contributed by atoms with E-state index >= 15 is 0 Å². The Morgan fingerprint density at radius 1 is 1.21 bits per heavy atom. The number of halogens is 2. The normalized spacial score (nSPS) is 26.2. The molecule has 6 nitrogen and oxygen atoms in total. The van der Waals surface area contributed by atoms with Gasteiger partial charge in [-0.15, -0.1) is 0 Å². The standard InChI is InChI=1S/C11H16F2N6/c12-11(13)2-4-19(6-11)10-16-7-15-9(17-10)18-3-1-8(14)5-18/h7-8H,1-6,14H2. The van der Waals surface area contributed by atoms with E-state index < -0.39 is 5.92 Å². The van der Waals surface area contributed by atoms with Crippen LogP contribution in [0.15, 0.2) is 6.33 Å². The molecule has 3 heterocycles. The number of alkyl halides is 2. The first kappa shape index (κ1) is 12.5. The third-order valence-electron chi connectivity index (χ3n) is 3.51. The van der Waals surface area contributed by atoms with Crippen molar-refractivity contribution >= 4 is 11.9 Å². The zero-order valence-electron chi connectivity index (χ0n) is 10.5. The van der Waals surface area contributed by atoms with Crippen molar-refractivity contribution in [3.63, 3.8) is 0 Å². The molecule has 8 heteroatoms. The maximum Gasteiger partial charge on any atom is 0.267 e. The van der Waals surface area contributed by atoms with Crippen molar-refractivity contribution in [2.24, 2.45) is 5.73 Å². The van der Waals surface area contributed by atoms with Crippen molar-refractivity contribution in [1.29, 1.82) is 0 Å². The Morgan fingerprint density at radius 2 is 1.95 bits per heavy atom. The zero-order chi connectivity index (χ0) is 13.5. The second-order valence-corrected chi connectivity index (χ2v) is 5.11. The van der Waals surface area contributed by atoms with Gasteiger partial charge in [0.05, 0.1) is 6.54 Å². The number of hydrogen-bond donors (Lipinski definition) is 1. The Morgan fingerprint density at radius 3 is 2.53 bits per heavy atom. The molecular formula is C11H16F2N6. The molecule has 0 spiro atoms. The van der Waals surface area contributed by atoms with E-state index in [1.54, 1.807) is 0 Å². The summed E-state index contributed by atoms with van der Waals surface area (Å²) in [6.07, 6.45) is 2.11. The van der Waals surface area contributed by atoms with E-state index in [1.165, 1.54) is 11.2 Å². The van der Waals surface area contributed by atoms with Gasteiger partial charge in [0.25, 0.3) is 5.92 Å². The number of anilines is 2. The van der Waals surface area contributed by atoms with E-state index in [-0.39, 0.29) is 25.6 Å². The molecule has 0 saturated carbocycles. The summed E-state index contributed by atoms with van der Waals surface area (Å²) in [6, 6.07) is 0.122. The van der Waals surface area contributed by atoms with E-state index in [4.69, 9.17) is 5.73 Å². The highest BCUT2D eigenvalue weighted by atomic mass is 19.3. The van der Waals surface area contributed by atoms with Gasteiger partial charge in [-0.3, -0.25) is 0 Å². The van der Waals surface area contributed by atoms with Crippen molar-refractivity contribution in [3.05, 3.63) is 6.33 Å². The van der Waals surface area contributed by atoms with Gasteiger partial charge in [-0.25, -0.2) is 18.7 Å². The topological polar surface area (TPSA) is 71.2 Å². The third-order valence-corrected chi connectivity index (χ3v) is 3.51. The van der Waals surface area contributed by atoms with Crippen molar-refractivity contribution in [2.75, 3.05) is 36.0 Å². The second-order valence-electron chi connectivity index (χ2n) is 5.11. The summed E-state index contributed by atoms with van der Waals surface area (Å²) in [5, 5.41) is 0. The molecule has 1 aromatic heterocycles. The number of hydrogen-bond acceptors (Lipinski definition) is 6. The van der Waals surface area contributed by atoms with E-state index in [1.807, 2.05) is 4.90 Å². The predicted molar refractivity (Wildman–Crippen MR) is 66.4 cm³/mol. The smallest absolute Gasteiger partial charge is 0.267 e. The van der Waals surface area contributed by atoms with Crippen LogP contribution in [0.5, 0.6) is 0 Å². The highest BCUT2D eigenvalue weighted by molar-refractivity contribution is 5.40. The van der Waals surface area contributed by atoms with Crippen LogP contribution in [-0.2, 0) is 0 Å². The molecule has 0 aromatic carbocycles. The van der Waals surface area contributed by atoms with Crippen LogP contribution in [0.2, 0.25) is 0 Å². The number of aromatic nitrogens is 3. The lowest BCUT2D eigenvalue weighted by Crippen LogP contribution is -2.30. The maximum absolute atomic E-state index is 13.2. The lowest BCUT2D eigenvalue weighted by molar-refractivity contribution is 0.0256. The molecule has 2 saturated heterocycles. The molecule has 1 unspecified atom stereocenters. The molecule has 2 aliphatic rings. The van der Waals surface area contributed by atoms with Crippen LogP contribution in [0.25, 0.3) is 0 Å². The van der Waals surface area contributed by atoms with Gasteiger partial charge in [0, 0.05) is 32.1 Å². The fourth-order valence-corrected chi connectivity index (χ4v) is 2.46. The van der Waals surface area contributed by atoms with Gasteiger partial charge in [-0.05, 0) is 6.42 Å². The number of nitrogens with two attached hydrogens (primary N) is 1. The van der Waals surface area contributed by atoms with Gasteiger partial charge in [0.2, 0.25) is 11.9 Å². The van der Waals surface area contributed by atoms with E-state index in [0.29, 0.717) is 18.4 Å². The first-order valence-corrected chi connectivity index (χ1v) is 6.36. The third kappa shape index (κ3) is 2.58. The monoisotopic (exact) mass is 270 g/mol. The summed E-state index contributed by atoms with van der Waals surface area (Å²) in [4.78, 5) is 15.8. The Hall–Kier alpha value is -1.57. The summed E-state index contributed by atoms with van der Waals surface area (Å²) in [5.41, 5.74) is 5.84. The summed E-state index contributed by atoms with van der Waals surface area (Å²) in [7, 11) is 0. The molecular weight excluding hydrogens is 254 g/mol. The lowest BCUT2D eigenvalue weighted by atomic mass is 10.3. The number of rotatable bonds is 2. The summed E-state index contributed by atoms with van der Waals surface area (Å²) >= 11 is 0. The van der Waals surface area contributed by atoms with Crippen LogP contribution in [-0.4, -0.2) is 53.1 Å². The van der Waals surface area contributed by atoms with Gasteiger partial charge >= 0.3 is 0 Å². The van der Waals surface area contributed by atoms with Gasteiger partial charge in [0.15, 0.2) is 0 Å². The first-order valence-electron chi connectivity index (χ1n) is 6.36. The van der Waals surface area contributed by atoms with Crippen LogP contribution in [0.1, 0.15) is 12.8 Å². The van der Waals surface area contributed by atoms with Crippen LogP contribution in [0.3, 0.4) is 0 Å². The fourth-order valence-electron chi connectivity index (χ4n) is 2.46. The highest BCUT2D eigenvalue weighted by Crippen LogP contribution is 2.29. The summed E-state index contributed by atoms with van der Waals surface area (Å²) in [6.45, 7) is 1.44. The van der Waals surface area contributed by atoms with Crippen LogP contribution < -0.4 is 15.5 Å². The average Bonchev–Trinajstić information content (AvgIpc) is 2.96. The predicted octanol–water partition coefficient (Wildman–Crippen LogP) is 0.254. The Balaban J connectivity index is 1.77.